The highest BCUT2D eigenvalue weighted by molar-refractivity contribution is 5.86. The van der Waals surface area contributed by atoms with Crippen molar-refractivity contribution >= 4 is 11.6 Å². The number of carboxylic acids is 1. The Balaban J connectivity index is 1.68. The average molecular weight is 322 g/mol. The standard InChI is InChI=1S/C15H19FN4O3/c1-18-2-4-19(5-3-18)6-7-23-13-8-11(16)9-20-10-12(15(21)22)17-14(13)20/h8-10H,2-7H2,1H3,(H,21,22). The first-order chi connectivity index (χ1) is 11.0. The van der Waals surface area contributed by atoms with E-state index in [1.54, 1.807) is 0 Å². The first kappa shape index (κ1) is 15.7. The minimum absolute atomic E-state index is 0.139. The van der Waals surface area contributed by atoms with Crippen LogP contribution in [-0.2, 0) is 0 Å². The quantitative estimate of drug-likeness (QED) is 0.878. The summed E-state index contributed by atoms with van der Waals surface area (Å²) in [6.45, 7) is 5.13. The number of piperazine rings is 1. The summed E-state index contributed by atoms with van der Waals surface area (Å²) in [5, 5.41) is 8.99. The molecule has 0 bridgehead atoms. The first-order valence-electron chi connectivity index (χ1n) is 7.48. The molecule has 1 aliphatic rings. The molecule has 7 nitrogen and oxygen atoms in total. The Labute approximate surface area is 132 Å². The Kier molecular flexibility index (Phi) is 4.44. The number of likely N-dealkylation sites (N-methyl/N-ethyl adjacent to an activating group) is 1. The maximum Gasteiger partial charge on any atom is 0.356 e. The van der Waals surface area contributed by atoms with Gasteiger partial charge in [-0.1, -0.05) is 0 Å². The van der Waals surface area contributed by atoms with E-state index in [0.717, 1.165) is 32.7 Å². The number of aromatic nitrogens is 2. The van der Waals surface area contributed by atoms with Crippen molar-refractivity contribution in [3.63, 3.8) is 0 Å². The third-order valence-electron chi connectivity index (χ3n) is 3.96. The van der Waals surface area contributed by atoms with Crippen LogP contribution in [0.1, 0.15) is 10.5 Å². The molecule has 0 spiro atoms. The zero-order valence-electron chi connectivity index (χ0n) is 12.9. The monoisotopic (exact) mass is 322 g/mol. The van der Waals surface area contributed by atoms with E-state index >= 15 is 0 Å². The van der Waals surface area contributed by atoms with Crippen LogP contribution in [0.5, 0.6) is 5.75 Å². The van der Waals surface area contributed by atoms with Gasteiger partial charge in [-0.15, -0.1) is 0 Å². The van der Waals surface area contributed by atoms with Crippen LogP contribution in [0, 0.1) is 5.82 Å². The van der Waals surface area contributed by atoms with Crippen molar-refractivity contribution in [1.29, 1.82) is 0 Å². The third-order valence-corrected chi connectivity index (χ3v) is 3.96. The summed E-state index contributed by atoms with van der Waals surface area (Å²) in [5.74, 6) is -1.40. The highest BCUT2D eigenvalue weighted by Crippen LogP contribution is 2.21. The van der Waals surface area contributed by atoms with E-state index in [4.69, 9.17) is 9.84 Å². The van der Waals surface area contributed by atoms with Crippen LogP contribution in [0.3, 0.4) is 0 Å². The molecule has 124 valence electrons. The van der Waals surface area contributed by atoms with Crippen molar-refractivity contribution in [2.24, 2.45) is 0 Å². The topological polar surface area (TPSA) is 70.3 Å². The second kappa shape index (κ2) is 6.51. The van der Waals surface area contributed by atoms with Crippen LogP contribution in [0.15, 0.2) is 18.5 Å². The Hall–Kier alpha value is -2.19. The van der Waals surface area contributed by atoms with Gasteiger partial charge >= 0.3 is 5.97 Å². The summed E-state index contributed by atoms with van der Waals surface area (Å²) < 4.78 is 20.6. The smallest absolute Gasteiger partial charge is 0.356 e. The third kappa shape index (κ3) is 3.59. The van der Waals surface area contributed by atoms with Gasteiger partial charge in [0.25, 0.3) is 0 Å². The first-order valence-corrected chi connectivity index (χ1v) is 7.48. The molecule has 0 amide bonds. The van der Waals surface area contributed by atoms with Gasteiger partial charge in [-0.25, -0.2) is 14.2 Å². The van der Waals surface area contributed by atoms with Crippen LogP contribution < -0.4 is 4.74 Å². The minimum Gasteiger partial charge on any atom is -0.488 e. The molecular weight excluding hydrogens is 303 g/mol. The van der Waals surface area contributed by atoms with Crippen LogP contribution >= 0.6 is 0 Å². The number of aromatic carboxylic acids is 1. The molecule has 8 heteroatoms. The SMILES string of the molecule is CN1CCN(CCOc2cc(F)cn3cc(C(=O)O)nc23)CC1. The number of imidazole rings is 1. The number of fused-ring (bicyclic) bond motifs is 1. The fourth-order valence-electron chi connectivity index (χ4n) is 2.60. The van der Waals surface area contributed by atoms with E-state index in [1.165, 1.54) is 22.9 Å². The van der Waals surface area contributed by atoms with Crippen molar-refractivity contribution in [1.82, 2.24) is 19.2 Å². The zero-order valence-corrected chi connectivity index (χ0v) is 12.9. The molecular formula is C15H19FN4O3. The van der Waals surface area contributed by atoms with Gasteiger partial charge in [0.05, 0.1) is 0 Å². The van der Waals surface area contributed by atoms with E-state index in [0.29, 0.717) is 12.3 Å². The lowest BCUT2D eigenvalue weighted by atomic mass is 10.3. The van der Waals surface area contributed by atoms with Gasteiger partial charge in [0.2, 0.25) is 0 Å². The van der Waals surface area contributed by atoms with Crippen molar-refractivity contribution in [2.75, 3.05) is 46.4 Å². The van der Waals surface area contributed by atoms with Gasteiger partial charge < -0.3 is 19.1 Å². The van der Waals surface area contributed by atoms with Gasteiger partial charge in [0, 0.05) is 51.2 Å². The number of carboxylic acid groups (broad SMARTS) is 1. The average Bonchev–Trinajstić information content (AvgIpc) is 2.93. The molecule has 23 heavy (non-hydrogen) atoms. The van der Waals surface area contributed by atoms with Crippen LogP contribution in [0.2, 0.25) is 0 Å². The summed E-state index contributed by atoms with van der Waals surface area (Å²) in [6, 6.07) is 1.23. The number of rotatable bonds is 5. The molecule has 3 rings (SSSR count). The number of pyridine rings is 1. The molecule has 2 aromatic heterocycles. The Bertz CT molecular complexity index is 710. The van der Waals surface area contributed by atoms with Gasteiger partial charge in [0.1, 0.15) is 12.4 Å². The summed E-state index contributed by atoms with van der Waals surface area (Å²) in [6.07, 6.45) is 2.45. The van der Waals surface area contributed by atoms with Gasteiger partial charge in [-0.2, -0.15) is 0 Å². The number of hydrogen-bond acceptors (Lipinski definition) is 5. The molecule has 1 aliphatic heterocycles. The number of ether oxygens (including phenoxy) is 1. The summed E-state index contributed by atoms with van der Waals surface area (Å²) in [4.78, 5) is 19.5. The summed E-state index contributed by atoms with van der Waals surface area (Å²) in [5.41, 5.74) is 0.168. The number of hydrogen-bond donors (Lipinski definition) is 1. The highest BCUT2D eigenvalue weighted by atomic mass is 19.1. The second-order valence-electron chi connectivity index (χ2n) is 5.68. The number of carbonyl (C=O) groups is 1. The lowest BCUT2D eigenvalue weighted by molar-refractivity contribution is 0.0691. The fourth-order valence-corrected chi connectivity index (χ4v) is 2.60. The fraction of sp³-hybridized carbons (Fsp3) is 0.467. The maximum absolute atomic E-state index is 13.6. The molecule has 0 aliphatic carbocycles. The van der Waals surface area contributed by atoms with E-state index in [1.807, 2.05) is 0 Å². The molecule has 0 atom stereocenters. The van der Waals surface area contributed by atoms with E-state index in [-0.39, 0.29) is 11.4 Å². The number of halogens is 1. The molecule has 3 heterocycles. The summed E-state index contributed by atoms with van der Waals surface area (Å²) >= 11 is 0. The lowest BCUT2D eigenvalue weighted by Crippen LogP contribution is -2.45. The molecule has 1 fully saturated rings. The van der Waals surface area contributed by atoms with Gasteiger partial charge in [-0.3, -0.25) is 4.90 Å². The highest BCUT2D eigenvalue weighted by Gasteiger charge is 2.16. The maximum atomic E-state index is 13.6. The van der Waals surface area contributed by atoms with Crippen molar-refractivity contribution in [2.45, 2.75) is 0 Å². The van der Waals surface area contributed by atoms with E-state index in [2.05, 4.69) is 21.8 Å². The minimum atomic E-state index is -1.16. The van der Waals surface area contributed by atoms with Crippen LogP contribution in [-0.4, -0.2) is 76.6 Å². The zero-order chi connectivity index (χ0) is 16.4. The number of nitrogens with zero attached hydrogens (tertiary/aromatic N) is 4. The molecule has 1 saturated heterocycles. The molecule has 0 saturated carbocycles. The van der Waals surface area contributed by atoms with Crippen LogP contribution in [0.25, 0.3) is 5.65 Å². The Morgan fingerprint density at radius 3 is 2.78 bits per heavy atom. The normalized spacial score (nSPS) is 16.8. The van der Waals surface area contributed by atoms with E-state index < -0.39 is 11.8 Å². The Morgan fingerprint density at radius 1 is 1.35 bits per heavy atom. The van der Waals surface area contributed by atoms with E-state index in [9.17, 15) is 9.18 Å². The molecule has 2 aromatic rings. The largest absolute Gasteiger partial charge is 0.488 e. The van der Waals surface area contributed by atoms with Crippen molar-refractivity contribution in [3.8, 4) is 5.75 Å². The molecule has 1 N–H and O–H groups in total. The Morgan fingerprint density at radius 2 is 2.09 bits per heavy atom. The molecule has 0 unspecified atom stereocenters. The van der Waals surface area contributed by atoms with Crippen molar-refractivity contribution in [3.05, 3.63) is 30.0 Å². The second-order valence-corrected chi connectivity index (χ2v) is 5.68. The predicted molar refractivity (Wildman–Crippen MR) is 81.5 cm³/mol. The predicted octanol–water partition coefficient (Wildman–Crippen LogP) is 0.798. The summed E-state index contributed by atoms with van der Waals surface area (Å²) in [7, 11) is 2.09. The van der Waals surface area contributed by atoms with Gasteiger partial charge in [-0.05, 0) is 7.05 Å². The van der Waals surface area contributed by atoms with Gasteiger partial charge in [0.15, 0.2) is 17.1 Å². The van der Waals surface area contributed by atoms with Crippen molar-refractivity contribution < 1.29 is 19.0 Å². The molecule has 0 radical (unpaired) electrons. The lowest BCUT2D eigenvalue weighted by Gasteiger charge is -2.32. The van der Waals surface area contributed by atoms with Crippen LogP contribution in [0.4, 0.5) is 4.39 Å². The molecule has 0 aromatic carbocycles.